The summed E-state index contributed by atoms with van der Waals surface area (Å²) in [5.41, 5.74) is 3.19. The zero-order valence-corrected chi connectivity index (χ0v) is 13.0. The van der Waals surface area contributed by atoms with Gasteiger partial charge in [-0.25, -0.2) is 0 Å². The first-order chi connectivity index (χ1) is 10.2. The third-order valence-corrected chi connectivity index (χ3v) is 3.32. The zero-order valence-electron chi connectivity index (χ0n) is 13.0. The van der Waals surface area contributed by atoms with E-state index in [2.05, 4.69) is 53.4 Å². The van der Waals surface area contributed by atoms with E-state index in [1.807, 2.05) is 18.2 Å². The molecular weight excluding hydrogens is 262 g/mol. The van der Waals surface area contributed by atoms with E-state index >= 15 is 0 Å². The van der Waals surface area contributed by atoms with Crippen molar-refractivity contribution in [1.82, 2.24) is 10.3 Å². The van der Waals surface area contributed by atoms with Crippen molar-refractivity contribution >= 4 is 5.69 Å². The second kappa shape index (κ2) is 7.64. The second-order valence-electron chi connectivity index (χ2n) is 4.93. The fourth-order valence-corrected chi connectivity index (χ4v) is 2.24. The van der Waals surface area contributed by atoms with Gasteiger partial charge in [-0.15, -0.1) is 0 Å². The second-order valence-corrected chi connectivity index (χ2v) is 4.93. The number of hydrogen-bond acceptors (Lipinski definition) is 4. The van der Waals surface area contributed by atoms with Crippen LogP contribution < -0.4 is 15.0 Å². The lowest BCUT2D eigenvalue weighted by molar-refractivity contribution is 0.414. The highest BCUT2D eigenvalue weighted by atomic mass is 16.5. The number of aromatic nitrogens is 1. The molecule has 0 amide bonds. The van der Waals surface area contributed by atoms with Crippen molar-refractivity contribution in [2.24, 2.45) is 0 Å². The molecule has 0 unspecified atom stereocenters. The Hall–Kier alpha value is -2.07. The third-order valence-electron chi connectivity index (χ3n) is 3.32. The van der Waals surface area contributed by atoms with Crippen molar-refractivity contribution in [3.8, 4) is 5.75 Å². The molecule has 1 aromatic heterocycles. The molecule has 4 nitrogen and oxygen atoms in total. The molecule has 0 atom stereocenters. The highest BCUT2D eigenvalue weighted by molar-refractivity contribution is 5.57. The molecule has 21 heavy (non-hydrogen) atoms. The van der Waals surface area contributed by atoms with Crippen molar-refractivity contribution in [2.75, 3.05) is 25.6 Å². The fraction of sp³-hybridized carbons (Fsp3) is 0.353. The maximum Gasteiger partial charge on any atom is 0.142 e. The van der Waals surface area contributed by atoms with Crippen LogP contribution in [0.25, 0.3) is 0 Å². The third kappa shape index (κ3) is 4.20. The number of nitrogens with one attached hydrogen (secondary N) is 1. The van der Waals surface area contributed by atoms with Crippen LogP contribution in [0.1, 0.15) is 18.3 Å². The summed E-state index contributed by atoms with van der Waals surface area (Å²) in [6.45, 7) is 4.61. The molecule has 2 aromatic rings. The monoisotopic (exact) mass is 285 g/mol. The molecule has 0 fully saturated rings. The molecule has 0 bridgehead atoms. The molecule has 112 valence electrons. The van der Waals surface area contributed by atoms with Crippen LogP contribution in [0.3, 0.4) is 0 Å². The average Bonchev–Trinajstić information content (AvgIpc) is 2.53. The van der Waals surface area contributed by atoms with Gasteiger partial charge < -0.3 is 15.0 Å². The Morgan fingerprint density at radius 3 is 2.62 bits per heavy atom. The van der Waals surface area contributed by atoms with E-state index < -0.39 is 0 Å². The molecule has 0 aliphatic heterocycles. The standard InChI is InChI=1S/C17H23N3O/c1-4-18-12-14-8-7-9-15(19-14)13-20(2)16-10-5-6-11-17(16)21-3/h5-11,18H,4,12-13H2,1-3H3. The Bertz CT molecular complexity index is 571. The lowest BCUT2D eigenvalue weighted by Crippen LogP contribution is -2.19. The molecule has 4 heteroatoms. The summed E-state index contributed by atoms with van der Waals surface area (Å²) in [6.07, 6.45) is 0. The number of nitrogens with zero attached hydrogens (tertiary/aromatic N) is 2. The molecule has 1 heterocycles. The number of para-hydroxylation sites is 2. The Kier molecular flexibility index (Phi) is 5.58. The van der Waals surface area contributed by atoms with Gasteiger partial charge >= 0.3 is 0 Å². The minimum Gasteiger partial charge on any atom is -0.495 e. The molecule has 2 rings (SSSR count). The summed E-state index contributed by atoms with van der Waals surface area (Å²) in [6, 6.07) is 14.2. The van der Waals surface area contributed by atoms with Crippen LogP contribution in [0.15, 0.2) is 42.5 Å². The van der Waals surface area contributed by atoms with Gasteiger partial charge in [-0.05, 0) is 30.8 Å². The average molecular weight is 285 g/mol. The number of benzene rings is 1. The van der Waals surface area contributed by atoms with Gasteiger partial charge in [0.25, 0.3) is 0 Å². The summed E-state index contributed by atoms with van der Waals surface area (Å²) >= 11 is 0. The minimum absolute atomic E-state index is 0.750. The van der Waals surface area contributed by atoms with Crippen molar-refractivity contribution in [3.05, 3.63) is 53.9 Å². The van der Waals surface area contributed by atoms with E-state index in [0.29, 0.717) is 0 Å². The van der Waals surface area contributed by atoms with Crippen LogP contribution >= 0.6 is 0 Å². The van der Waals surface area contributed by atoms with Gasteiger partial charge in [-0.1, -0.05) is 25.1 Å². The summed E-state index contributed by atoms with van der Waals surface area (Å²) in [7, 11) is 3.75. The van der Waals surface area contributed by atoms with Gasteiger partial charge in [0.15, 0.2) is 0 Å². The molecule has 1 aromatic carbocycles. The summed E-state index contributed by atoms with van der Waals surface area (Å²) in [5, 5.41) is 3.30. The van der Waals surface area contributed by atoms with Crippen molar-refractivity contribution in [3.63, 3.8) is 0 Å². The molecule has 0 aliphatic rings. The Morgan fingerprint density at radius 2 is 1.86 bits per heavy atom. The molecule has 0 spiro atoms. The maximum absolute atomic E-state index is 5.41. The number of rotatable bonds is 7. The fourth-order valence-electron chi connectivity index (χ4n) is 2.24. The smallest absolute Gasteiger partial charge is 0.142 e. The number of hydrogen-bond donors (Lipinski definition) is 1. The topological polar surface area (TPSA) is 37.4 Å². The molecule has 0 radical (unpaired) electrons. The first-order valence-corrected chi connectivity index (χ1v) is 7.24. The van der Waals surface area contributed by atoms with Crippen LogP contribution in [-0.2, 0) is 13.1 Å². The van der Waals surface area contributed by atoms with Crippen molar-refractivity contribution in [1.29, 1.82) is 0 Å². The Labute approximate surface area is 126 Å². The molecule has 1 N–H and O–H groups in total. The van der Waals surface area contributed by atoms with Crippen molar-refractivity contribution in [2.45, 2.75) is 20.0 Å². The van der Waals surface area contributed by atoms with Gasteiger partial charge in [-0.2, -0.15) is 0 Å². The number of methoxy groups -OCH3 is 1. The van der Waals surface area contributed by atoms with Gasteiger partial charge in [-0.3, -0.25) is 4.98 Å². The highest BCUT2D eigenvalue weighted by Crippen LogP contribution is 2.27. The summed E-state index contributed by atoms with van der Waals surface area (Å²) in [4.78, 5) is 6.84. The van der Waals surface area contributed by atoms with Crippen LogP contribution in [0, 0.1) is 0 Å². The Balaban J connectivity index is 2.10. The molecular formula is C17H23N3O. The lowest BCUT2D eigenvalue weighted by Gasteiger charge is -2.21. The quantitative estimate of drug-likeness (QED) is 0.849. The normalized spacial score (nSPS) is 10.4. The SMILES string of the molecule is CCNCc1cccc(CN(C)c2ccccc2OC)n1. The lowest BCUT2D eigenvalue weighted by atomic mass is 10.2. The number of anilines is 1. The van der Waals surface area contributed by atoms with Crippen LogP contribution in [0.4, 0.5) is 5.69 Å². The van der Waals surface area contributed by atoms with Gasteiger partial charge in [0.1, 0.15) is 5.75 Å². The van der Waals surface area contributed by atoms with E-state index in [0.717, 1.165) is 42.5 Å². The molecule has 0 aliphatic carbocycles. The van der Waals surface area contributed by atoms with Crippen LogP contribution in [0.2, 0.25) is 0 Å². The van der Waals surface area contributed by atoms with Crippen LogP contribution in [0.5, 0.6) is 5.75 Å². The maximum atomic E-state index is 5.41. The molecule has 0 saturated heterocycles. The van der Waals surface area contributed by atoms with E-state index in [1.165, 1.54) is 0 Å². The number of ether oxygens (including phenoxy) is 1. The highest BCUT2D eigenvalue weighted by Gasteiger charge is 2.08. The minimum atomic E-state index is 0.750. The van der Waals surface area contributed by atoms with Gasteiger partial charge in [0.2, 0.25) is 0 Å². The molecule has 0 saturated carbocycles. The van der Waals surface area contributed by atoms with E-state index in [9.17, 15) is 0 Å². The van der Waals surface area contributed by atoms with Crippen LogP contribution in [-0.4, -0.2) is 25.7 Å². The van der Waals surface area contributed by atoms with Crippen molar-refractivity contribution < 1.29 is 4.74 Å². The number of pyridine rings is 1. The first-order valence-electron chi connectivity index (χ1n) is 7.24. The van der Waals surface area contributed by atoms with E-state index in [4.69, 9.17) is 4.74 Å². The van der Waals surface area contributed by atoms with Gasteiger partial charge in [0, 0.05) is 13.6 Å². The van der Waals surface area contributed by atoms with E-state index in [1.54, 1.807) is 7.11 Å². The van der Waals surface area contributed by atoms with Gasteiger partial charge in [0.05, 0.1) is 30.7 Å². The summed E-state index contributed by atoms with van der Waals surface area (Å²) < 4.78 is 5.41. The largest absolute Gasteiger partial charge is 0.495 e. The van der Waals surface area contributed by atoms with E-state index in [-0.39, 0.29) is 0 Å². The Morgan fingerprint density at radius 1 is 1.10 bits per heavy atom. The summed E-state index contributed by atoms with van der Waals surface area (Å²) in [5.74, 6) is 0.879. The predicted octanol–water partition coefficient (Wildman–Crippen LogP) is 2.84. The first kappa shape index (κ1) is 15.3. The zero-order chi connectivity index (χ0) is 15.1. The predicted molar refractivity (Wildman–Crippen MR) is 86.7 cm³/mol.